The molecule has 80 valence electrons. The number of unbranched alkanes of at least 4 members (excludes halogenated alkanes) is 2. The highest BCUT2D eigenvalue weighted by molar-refractivity contribution is 8.13. The Labute approximate surface area is 92.5 Å². The lowest BCUT2D eigenvalue weighted by Crippen LogP contribution is -1.83. The number of hydrogen-bond acceptors (Lipinski definition) is 3. The number of hydrogen-bond donors (Lipinski definition) is 1. The molecule has 0 aliphatic rings. The molecule has 0 aromatic carbocycles. The minimum Gasteiger partial charge on any atom is -0.288 e. The summed E-state index contributed by atoms with van der Waals surface area (Å²) in [5.41, 5.74) is 0. The lowest BCUT2D eigenvalue weighted by atomic mass is 10.4. The minimum atomic E-state index is 0.235. The first kappa shape index (κ1) is 15.8. The van der Waals surface area contributed by atoms with Gasteiger partial charge in [-0.15, -0.1) is 0 Å². The van der Waals surface area contributed by atoms with Gasteiger partial charge in [0.15, 0.2) is 5.12 Å². The Balaban J connectivity index is 0. The SMILES string of the molecule is CCCCS.CCCCSC(C)=O. The second-order valence-corrected chi connectivity index (χ2v) is 4.49. The second-order valence-electron chi connectivity index (χ2n) is 2.77. The van der Waals surface area contributed by atoms with Gasteiger partial charge in [-0.25, -0.2) is 0 Å². The van der Waals surface area contributed by atoms with Crippen molar-refractivity contribution in [2.45, 2.75) is 46.5 Å². The van der Waals surface area contributed by atoms with Gasteiger partial charge in [0.25, 0.3) is 0 Å². The Kier molecular flexibility index (Phi) is 18.1. The molecule has 0 N–H and O–H groups in total. The summed E-state index contributed by atoms with van der Waals surface area (Å²) in [7, 11) is 0. The van der Waals surface area contributed by atoms with Crippen molar-refractivity contribution in [3.63, 3.8) is 0 Å². The Bertz CT molecular complexity index is 103. The molecule has 0 rings (SSSR count). The fourth-order valence-corrected chi connectivity index (χ4v) is 1.56. The number of thioether (sulfide) groups is 1. The highest BCUT2D eigenvalue weighted by Gasteiger charge is 1.90. The van der Waals surface area contributed by atoms with Crippen LogP contribution in [0.2, 0.25) is 0 Å². The Morgan fingerprint density at radius 3 is 2.00 bits per heavy atom. The van der Waals surface area contributed by atoms with Crippen LogP contribution in [0.1, 0.15) is 46.5 Å². The summed E-state index contributed by atoms with van der Waals surface area (Å²) in [5, 5.41) is 0.235. The van der Waals surface area contributed by atoms with Crippen molar-refractivity contribution in [3.05, 3.63) is 0 Å². The van der Waals surface area contributed by atoms with Crippen LogP contribution in [0.25, 0.3) is 0 Å². The molecule has 0 aliphatic carbocycles. The normalized spacial score (nSPS) is 8.92. The minimum absolute atomic E-state index is 0.235. The van der Waals surface area contributed by atoms with Gasteiger partial charge in [0.2, 0.25) is 0 Å². The van der Waals surface area contributed by atoms with Crippen LogP contribution in [0.15, 0.2) is 0 Å². The summed E-state index contributed by atoms with van der Waals surface area (Å²) in [6.45, 7) is 5.90. The third kappa shape index (κ3) is 24.5. The number of thiol groups is 1. The first-order valence-corrected chi connectivity index (χ1v) is 6.55. The first-order chi connectivity index (χ1) is 6.18. The number of carbonyl (C=O) groups is 1. The molecule has 3 heteroatoms. The van der Waals surface area contributed by atoms with Crippen molar-refractivity contribution >= 4 is 29.5 Å². The van der Waals surface area contributed by atoms with Gasteiger partial charge in [0.1, 0.15) is 0 Å². The van der Waals surface area contributed by atoms with E-state index in [-0.39, 0.29) is 5.12 Å². The van der Waals surface area contributed by atoms with E-state index in [4.69, 9.17) is 0 Å². The van der Waals surface area contributed by atoms with Crippen LogP contribution in [0.3, 0.4) is 0 Å². The van der Waals surface area contributed by atoms with Crippen molar-refractivity contribution in [2.24, 2.45) is 0 Å². The van der Waals surface area contributed by atoms with Crippen molar-refractivity contribution in [2.75, 3.05) is 11.5 Å². The fourth-order valence-electron chi connectivity index (χ4n) is 0.518. The predicted molar refractivity (Wildman–Crippen MR) is 66.8 cm³/mol. The first-order valence-electron chi connectivity index (χ1n) is 4.93. The molecular weight excluding hydrogens is 200 g/mol. The average Bonchev–Trinajstić information content (AvgIpc) is 2.07. The van der Waals surface area contributed by atoms with E-state index in [0.29, 0.717) is 0 Å². The maximum atomic E-state index is 10.3. The Morgan fingerprint density at radius 1 is 1.23 bits per heavy atom. The van der Waals surface area contributed by atoms with Crippen molar-refractivity contribution in [1.29, 1.82) is 0 Å². The molecule has 0 spiro atoms. The van der Waals surface area contributed by atoms with Crippen LogP contribution in [-0.2, 0) is 4.79 Å². The second kappa shape index (κ2) is 14.9. The fraction of sp³-hybridized carbons (Fsp3) is 0.900. The Morgan fingerprint density at radius 2 is 1.77 bits per heavy atom. The maximum Gasteiger partial charge on any atom is 0.185 e. The van der Waals surface area contributed by atoms with Gasteiger partial charge in [0.05, 0.1) is 0 Å². The molecule has 0 aromatic rings. The zero-order valence-electron chi connectivity index (χ0n) is 9.01. The van der Waals surface area contributed by atoms with E-state index >= 15 is 0 Å². The van der Waals surface area contributed by atoms with Crippen LogP contribution in [0.5, 0.6) is 0 Å². The maximum absolute atomic E-state index is 10.3. The van der Waals surface area contributed by atoms with E-state index in [9.17, 15) is 4.79 Å². The van der Waals surface area contributed by atoms with Crippen LogP contribution in [-0.4, -0.2) is 16.6 Å². The predicted octanol–water partition coefficient (Wildman–Crippen LogP) is 3.78. The van der Waals surface area contributed by atoms with Crippen LogP contribution in [0.4, 0.5) is 0 Å². The smallest absolute Gasteiger partial charge is 0.185 e. The summed E-state index contributed by atoms with van der Waals surface area (Å²) >= 11 is 5.42. The van der Waals surface area contributed by atoms with Crippen molar-refractivity contribution in [3.8, 4) is 0 Å². The Hall–Kier alpha value is 0.370. The molecule has 0 atom stereocenters. The van der Waals surface area contributed by atoms with Gasteiger partial charge in [-0.1, -0.05) is 38.5 Å². The quantitative estimate of drug-likeness (QED) is 0.563. The lowest BCUT2D eigenvalue weighted by Gasteiger charge is -1.90. The standard InChI is InChI=1S/C6H12OS.C4H10S/c1-3-4-5-8-6(2)7;1-2-3-4-5/h3-5H2,1-2H3;5H,2-4H2,1H3. The van der Waals surface area contributed by atoms with Gasteiger partial charge in [-0.2, -0.15) is 12.6 Å². The number of rotatable bonds is 5. The molecule has 13 heavy (non-hydrogen) atoms. The molecule has 0 heterocycles. The van der Waals surface area contributed by atoms with E-state index in [0.717, 1.165) is 17.9 Å². The van der Waals surface area contributed by atoms with Gasteiger partial charge in [-0.05, 0) is 18.6 Å². The van der Waals surface area contributed by atoms with Crippen LogP contribution in [0, 0.1) is 0 Å². The van der Waals surface area contributed by atoms with E-state index in [1.54, 1.807) is 6.92 Å². The van der Waals surface area contributed by atoms with Gasteiger partial charge < -0.3 is 0 Å². The monoisotopic (exact) mass is 222 g/mol. The van der Waals surface area contributed by atoms with E-state index in [2.05, 4.69) is 26.5 Å². The van der Waals surface area contributed by atoms with E-state index in [1.165, 1.54) is 31.0 Å². The highest BCUT2D eigenvalue weighted by Crippen LogP contribution is 2.03. The summed E-state index contributed by atoms with van der Waals surface area (Å²) < 4.78 is 0. The molecule has 0 saturated heterocycles. The molecule has 0 saturated carbocycles. The largest absolute Gasteiger partial charge is 0.288 e. The summed E-state index contributed by atoms with van der Waals surface area (Å²) in [6.07, 6.45) is 4.86. The molecule has 0 unspecified atom stereocenters. The molecule has 0 fully saturated rings. The van der Waals surface area contributed by atoms with Crippen molar-refractivity contribution < 1.29 is 4.79 Å². The molecule has 0 radical (unpaired) electrons. The molecule has 0 aromatic heterocycles. The summed E-state index contributed by atoms with van der Waals surface area (Å²) in [6, 6.07) is 0. The van der Waals surface area contributed by atoms with Gasteiger partial charge in [-0.3, -0.25) is 4.79 Å². The van der Waals surface area contributed by atoms with Gasteiger partial charge >= 0.3 is 0 Å². The molecule has 0 aliphatic heterocycles. The van der Waals surface area contributed by atoms with E-state index in [1.807, 2.05) is 0 Å². The molecule has 0 bridgehead atoms. The number of carbonyl (C=O) groups excluding carboxylic acids is 1. The van der Waals surface area contributed by atoms with Gasteiger partial charge in [0, 0.05) is 12.7 Å². The van der Waals surface area contributed by atoms with Crippen LogP contribution < -0.4 is 0 Å². The zero-order valence-corrected chi connectivity index (χ0v) is 10.7. The lowest BCUT2D eigenvalue weighted by molar-refractivity contribution is -0.109. The third-order valence-electron chi connectivity index (χ3n) is 1.31. The zero-order chi connectivity index (χ0) is 10.5. The molecule has 1 nitrogen and oxygen atoms in total. The average molecular weight is 222 g/mol. The van der Waals surface area contributed by atoms with Crippen molar-refractivity contribution in [1.82, 2.24) is 0 Å². The van der Waals surface area contributed by atoms with Crippen LogP contribution >= 0.6 is 24.4 Å². The molecular formula is C10H22OS2. The summed E-state index contributed by atoms with van der Waals surface area (Å²) in [4.78, 5) is 10.3. The van der Waals surface area contributed by atoms with E-state index < -0.39 is 0 Å². The summed E-state index contributed by atoms with van der Waals surface area (Å²) in [5.74, 6) is 2.03. The molecule has 0 amide bonds. The highest BCUT2D eigenvalue weighted by atomic mass is 32.2. The topological polar surface area (TPSA) is 17.1 Å². The third-order valence-corrected chi connectivity index (χ3v) is 2.53.